The zero-order valence-electron chi connectivity index (χ0n) is 14.6. The minimum Gasteiger partial charge on any atom is -0.497 e. The summed E-state index contributed by atoms with van der Waals surface area (Å²) in [4.78, 5) is 12.6. The number of aryl methyl sites for hydroxylation is 1. The lowest BCUT2D eigenvalue weighted by molar-refractivity contribution is 0.0957. The molecule has 0 saturated carbocycles. The van der Waals surface area contributed by atoms with Gasteiger partial charge < -0.3 is 14.6 Å². The molecule has 0 radical (unpaired) electrons. The Hall–Kier alpha value is -2.80. The van der Waals surface area contributed by atoms with Gasteiger partial charge in [-0.05, 0) is 30.3 Å². The van der Waals surface area contributed by atoms with Gasteiger partial charge in [0.2, 0.25) is 0 Å². The van der Waals surface area contributed by atoms with Crippen molar-refractivity contribution in [2.24, 2.45) is 7.05 Å². The van der Waals surface area contributed by atoms with Gasteiger partial charge in [-0.1, -0.05) is 18.2 Å². The summed E-state index contributed by atoms with van der Waals surface area (Å²) in [7, 11) is -0.0874. The fraction of sp³-hybridized carbons (Fsp3) is 0.211. The van der Waals surface area contributed by atoms with E-state index in [0.29, 0.717) is 11.3 Å². The molecular weight excluding hydrogens is 352 g/mol. The number of nitrogens with zero attached hydrogens (tertiary/aromatic N) is 1. The largest absolute Gasteiger partial charge is 0.497 e. The zero-order valence-corrected chi connectivity index (χ0v) is 15.4. The standard InChI is InChI=1S/C19H20N2O4S/c1-21-13-17(16-5-3-4-6-18(16)21)19(22)20-11-12-26(23,24)15-9-7-14(25-2)8-10-15/h3-10,13H,11-12H2,1-2H3,(H,20,22). The van der Waals surface area contributed by atoms with Crippen LogP contribution in [0.15, 0.2) is 59.6 Å². The summed E-state index contributed by atoms with van der Waals surface area (Å²) in [5.41, 5.74) is 1.48. The van der Waals surface area contributed by atoms with Crippen molar-refractivity contribution in [1.29, 1.82) is 0 Å². The molecule has 136 valence electrons. The number of sulfone groups is 1. The predicted octanol–water partition coefficient (Wildman–Crippen LogP) is 2.39. The first-order valence-corrected chi connectivity index (χ1v) is 9.76. The maximum atomic E-state index is 12.4. The second kappa shape index (κ2) is 7.21. The first-order valence-electron chi connectivity index (χ1n) is 8.11. The monoisotopic (exact) mass is 372 g/mol. The summed E-state index contributed by atoms with van der Waals surface area (Å²) in [6, 6.07) is 13.8. The van der Waals surface area contributed by atoms with Crippen molar-refractivity contribution in [3.63, 3.8) is 0 Å². The zero-order chi connectivity index (χ0) is 18.7. The van der Waals surface area contributed by atoms with Crippen LogP contribution in [0.2, 0.25) is 0 Å². The van der Waals surface area contributed by atoms with Crippen molar-refractivity contribution in [3.05, 3.63) is 60.3 Å². The highest BCUT2D eigenvalue weighted by atomic mass is 32.2. The molecule has 1 heterocycles. The molecule has 0 unspecified atom stereocenters. The number of benzene rings is 2. The van der Waals surface area contributed by atoms with E-state index in [-0.39, 0.29) is 23.1 Å². The number of carbonyl (C=O) groups is 1. The minimum absolute atomic E-state index is 0.0381. The number of hydrogen-bond acceptors (Lipinski definition) is 4. The highest BCUT2D eigenvalue weighted by molar-refractivity contribution is 7.91. The van der Waals surface area contributed by atoms with Gasteiger partial charge in [0, 0.05) is 30.7 Å². The average molecular weight is 372 g/mol. The van der Waals surface area contributed by atoms with E-state index in [1.54, 1.807) is 18.3 Å². The number of para-hydroxylation sites is 1. The molecule has 0 bridgehead atoms. The van der Waals surface area contributed by atoms with Gasteiger partial charge >= 0.3 is 0 Å². The third kappa shape index (κ3) is 3.57. The van der Waals surface area contributed by atoms with Gasteiger partial charge in [-0.3, -0.25) is 4.79 Å². The Bertz CT molecular complexity index is 1040. The Morgan fingerprint density at radius 2 is 1.81 bits per heavy atom. The van der Waals surface area contributed by atoms with Crippen LogP contribution in [0.25, 0.3) is 10.9 Å². The molecule has 0 aliphatic heterocycles. The summed E-state index contributed by atoms with van der Waals surface area (Å²) in [5.74, 6) is 0.135. The highest BCUT2D eigenvalue weighted by Crippen LogP contribution is 2.20. The van der Waals surface area contributed by atoms with Gasteiger partial charge in [-0.15, -0.1) is 0 Å². The van der Waals surface area contributed by atoms with Crippen molar-refractivity contribution in [3.8, 4) is 5.75 Å². The molecule has 0 aliphatic rings. The molecule has 0 atom stereocenters. The molecule has 0 saturated heterocycles. The molecule has 2 aromatic carbocycles. The lowest BCUT2D eigenvalue weighted by Crippen LogP contribution is -2.29. The SMILES string of the molecule is COc1ccc(S(=O)(=O)CCNC(=O)c2cn(C)c3ccccc23)cc1. The van der Waals surface area contributed by atoms with E-state index < -0.39 is 9.84 Å². The van der Waals surface area contributed by atoms with Crippen LogP contribution in [0.3, 0.4) is 0 Å². The number of rotatable bonds is 6. The van der Waals surface area contributed by atoms with Crippen LogP contribution in [0.5, 0.6) is 5.75 Å². The topological polar surface area (TPSA) is 77.4 Å². The van der Waals surface area contributed by atoms with Gasteiger partial charge in [0.15, 0.2) is 9.84 Å². The van der Waals surface area contributed by atoms with Crippen molar-refractivity contribution < 1.29 is 17.9 Å². The number of fused-ring (bicyclic) bond motifs is 1. The van der Waals surface area contributed by atoms with E-state index >= 15 is 0 Å². The fourth-order valence-corrected chi connectivity index (χ4v) is 3.97. The van der Waals surface area contributed by atoms with E-state index in [2.05, 4.69) is 5.32 Å². The normalized spacial score (nSPS) is 11.5. The molecule has 7 heteroatoms. The number of aromatic nitrogens is 1. The van der Waals surface area contributed by atoms with Crippen LogP contribution in [-0.2, 0) is 16.9 Å². The van der Waals surface area contributed by atoms with E-state index in [9.17, 15) is 13.2 Å². The number of carbonyl (C=O) groups excluding carboxylic acids is 1. The third-order valence-electron chi connectivity index (χ3n) is 4.22. The lowest BCUT2D eigenvalue weighted by Gasteiger charge is -2.07. The second-order valence-corrected chi connectivity index (χ2v) is 8.03. The smallest absolute Gasteiger partial charge is 0.253 e. The summed E-state index contributed by atoms with van der Waals surface area (Å²) in [5, 5.41) is 3.54. The maximum absolute atomic E-state index is 12.4. The van der Waals surface area contributed by atoms with Gasteiger partial charge in [-0.2, -0.15) is 0 Å². The second-order valence-electron chi connectivity index (χ2n) is 5.92. The number of nitrogens with one attached hydrogen (secondary N) is 1. The van der Waals surface area contributed by atoms with E-state index in [1.165, 1.54) is 19.2 Å². The summed E-state index contributed by atoms with van der Waals surface area (Å²) < 4.78 is 31.6. The van der Waals surface area contributed by atoms with Crippen molar-refractivity contribution in [2.45, 2.75) is 4.90 Å². The van der Waals surface area contributed by atoms with E-state index in [0.717, 1.165) is 10.9 Å². The molecule has 3 rings (SSSR count). The first kappa shape index (κ1) is 18.0. The van der Waals surface area contributed by atoms with Crippen molar-refractivity contribution in [2.75, 3.05) is 19.4 Å². The Morgan fingerprint density at radius 3 is 2.50 bits per heavy atom. The maximum Gasteiger partial charge on any atom is 0.253 e. The van der Waals surface area contributed by atoms with Gasteiger partial charge in [0.25, 0.3) is 5.91 Å². The lowest BCUT2D eigenvalue weighted by atomic mass is 10.1. The van der Waals surface area contributed by atoms with Crippen LogP contribution in [0, 0.1) is 0 Å². The number of methoxy groups -OCH3 is 1. The van der Waals surface area contributed by atoms with Gasteiger partial charge in [0.05, 0.1) is 23.3 Å². The molecule has 0 spiro atoms. The molecule has 3 aromatic rings. The molecule has 1 N–H and O–H groups in total. The van der Waals surface area contributed by atoms with E-state index in [4.69, 9.17) is 4.74 Å². The first-order chi connectivity index (χ1) is 12.4. The molecule has 26 heavy (non-hydrogen) atoms. The minimum atomic E-state index is -3.48. The number of amides is 1. The van der Waals surface area contributed by atoms with Crippen LogP contribution in [-0.4, -0.2) is 38.3 Å². The Labute approximate surface area is 152 Å². The summed E-state index contributed by atoms with van der Waals surface area (Å²) in [6.07, 6.45) is 1.75. The molecule has 0 aliphatic carbocycles. The van der Waals surface area contributed by atoms with Gasteiger partial charge in [0.1, 0.15) is 5.75 Å². The van der Waals surface area contributed by atoms with Crippen LogP contribution >= 0.6 is 0 Å². The average Bonchev–Trinajstić information content (AvgIpc) is 2.99. The Balaban J connectivity index is 1.67. The Morgan fingerprint density at radius 1 is 1.12 bits per heavy atom. The highest BCUT2D eigenvalue weighted by Gasteiger charge is 2.17. The Kier molecular flexibility index (Phi) is 4.99. The van der Waals surface area contributed by atoms with Crippen molar-refractivity contribution >= 4 is 26.6 Å². The summed E-state index contributed by atoms with van der Waals surface area (Å²) in [6.45, 7) is 0.0381. The van der Waals surface area contributed by atoms with Crippen LogP contribution < -0.4 is 10.1 Å². The molecule has 1 aromatic heterocycles. The fourth-order valence-electron chi connectivity index (χ4n) is 2.82. The van der Waals surface area contributed by atoms with Crippen LogP contribution in [0.1, 0.15) is 10.4 Å². The number of hydrogen-bond donors (Lipinski definition) is 1. The van der Waals surface area contributed by atoms with E-state index in [1.807, 2.05) is 35.9 Å². The van der Waals surface area contributed by atoms with Crippen molar-refractivity contribution in [1.82, 2.24) is 9.88 Å². The quantitative estimate of drug-likeness (QED) is 0.721. The molecule has 1 amide bonds. The molecule has 0 fully saturated rings. The summed E-state index contributed by atoms with van der Waals surface area (Å²) >= 11 is 0. The number of ether oxygens (including phenoxy) is 1. The third-order valence-corrected chi connectivity index (χ3v) is 5.95. The van der Waals surface area contributed by atoms with Gasteiger partial charge in [-0.25, -0.2) is 8.42 Å². The molecule has 6 nitrogen and oxygen atoms in total. The molecular formula is C19H20N2O4S. The predicted molar refractivity (Wildman–Crippen MR) is 100 cm³/mol. The van der Waals surface area contributed by atoms with Crippen LogP contribution in [0.4, 0.5) is 0 Å².